The van der Waals surface area contributed by atoms with Crippen molar-refractivity contribution in [2.75, 3.05) is 18.5 Å². The summed E-state index contributed by atoms with van der Waals surface area (Å²) in [7, 11) is 0. The fourth-order valence-electron chi connectivity index (χ4n) is 4.85. The predicted octanol–water partition coefficient (Wildman–Crippen LogP) is 5.02. The van der Waals surface area contributed by atoms with Gasteiger partial charge in [-0.15, -0.1) is 0 Å². The summed E-state index contributed by atoms with van der Waals surface area (Å²) in [6.45, 7) is 7.92. The van der Waals surface area contributed by atoms with Crippen molar-refractivity contribution in [3.05, 3.63) is 30.0 Å². The van der Waals surface area contributed by atoms with Gasteiger partial charge in [0, 0.05) is 25.1 Å². The van der Waals surface area contributed by atoms with E-state index in [0.29, 0.717) is 24.5 Å². The lowest BCUT2D eigenvalue weighted by molar-refractivity contribution is 0.138. The van der Waals surface area contributed by atoms with Crippen molar-refractivity contribution in [1.29, 1.82) is 0 Å². The third-order valence-corrected chi connectivity index (χ3v) is 6.64. The topological polar surface area (TPSA) is 65.5 Å². The molecule has 5 rings (SSSR count). The highest BCUT2D eigenvalue weighted by Gasteiger charge is 2.30. The molecule has 31 heavy (non-hydrogen) atoms. The van der Waals surface area contributed by atoms with Gasteiger partial charge in [-0.2, -0.15) is 4.98 Å². The molecule has 0 unspecified atom stereocenters. The highest BCUT2D eigenvalue weighted by Crippen LogP contribution is 2.39. The van der Waals surface area contributed by atoms with E-state index in [0.717, 1.165) is 42.2 Å². The molecule has 1 aromatic heterocycles. The molecule has 0 radical (unpaired) electrons. The Kier molecular flexibility index (Phi) is 5.51. The summed E-state index contributed by atoms with van der Waals surface area (Å²) in [4.78, 5) is 9.48. The summed E-state index contributed by atoms with van der Waals surface area (Å²) < 4.78 is 17.9. The number of rotatable bonds is 5. The molecule has 1 saturated heterocycles. The third kappa shape index (κ3) is 4.64. The Morgan fingerprint density at radius 2 is 1.97 bits per heavy atom. The summed E-state index contributed by atoms with van der Waals surface area (Å²) in [6.07, 6.45) is 8.56. The van der Waals surface area contributed by atoms with Gasteiger partial charge in [-0.1, -0.05) is 13.0 Å². The summed E-state index contributed by atoms with van der Waals surface area (Å²) in [5.41, 5.74) is 3.04. The van der Waals surface area contributed by atoms with Gasteiger partial charge < -0.3 is 19.5 Å². The maximum absolute atomic E-state index is 6.32. The molecule has 166 valence electrons. The first kappa shape index (κ1) is 20.6. The van der Waals surface area contributed by atoms with Crippen LogP contribution in [0.5, 0.6) is 11.6 Å². The molecule has 0 bridgehead atoms. The van der Waals surface area contributed by atoms with E-state index >= 15 is 0 Å². The van der Waals surface area contributed by atoms with Crippen LogP contribution in [0.4, 0.5) is 5.95 Å². The lowest BCUT2D eigenvalue weighted by atomic mass is 9.87. The van der Waals surface area contributed by atoms with Gasteiger partial charge in [0.05, 0.1) is 18.8 Å². The maximum Gasteiger partial charge on any atom is 0.226 e. The smallest absolute Gasteiger partial charge is 0.226 e. The van der Waals surface area contributed by atoms with E-state index in [-0.39, 0.29) is 11.7 Å². The molecule has 1 aromatic carbocycles. The minimum atomic E-state index is -0.163. The fraction of sp³-hybridized carbons (Fsp3) is 0.600. The monoisotopic (exact) mass is 423 g/mol. The molecule has 3 heterocycles. The van der Waals surface area contributed by atoms with Gasteiger partial charge in [0.25, 0.3) is 0 Å². The van der Waals surface area contributed by atoms with Gasteiger partial charge in [-0.25, -0.2) is 4.98 Å². The van der Waals surface area contributed by atoms with Crippen LogP contribution < -0.4 is 14.8 Å². The van der Waals surface area contributed by atoms with Crippen molar-refractivity contribution in [1.82, 2.24) is 9.97 Å². The first-order valence-corrected chi connectivity index (χ1v) is 11.7. The zero-order valence-corrected chi connectivity index (χ0v) is 18.8. The molecule has 3 aliphatic rings. The van der Waals surface area contributed by atoms with Gasteiger partial charge in [-0.05, 0) is 68.7 Å². The van der Waals surface area contributed by atoms with E-state index in [2.05, 4.69) is 49.3 Å². The summed E-state index contributed by atoms with van der Waals surface area (Å²) in [5, 5.41) is 3.54. The van der Waals surface area contributed by atoms with Crippen molar-refractivity contribution >= 4 is 5.95 Å². The standard InChI is InChI=1S/C25H33N3O3/c1-16-4-7-19(8-5-16)27-24-26-14-21(23(28-24)30-20-10-11-29-15-20)17-6-9-22-18(12-17)13-25(2,3)31-22/h6,9,12,14,16,19-20H,4-5,7-8,10-11,13,15H2,1-3H3,(H,26,27,28)/t16-,19-,20-/m1/s1. The van der Waals surface area contributed by atoms with E-state index in [4.69, 9.17) is 19.2 Å². The SMILES string of the molecule is CC1(C)Cc2cc(-c3cnc(N[C@H]4CC[C@H](C)CC4)nc3O[C@@H]3CCOC3)ccc2O1. The number of hydrogen-bond acceptors (Lipinski definition) is 6. The van der Waals surface area contributed by atoms with Gasteiger partial charge in [-0.3, -0.25) is 0 Å². The fourth-order valence-corrected chi connectivity index (χ4v) is 4.85. The van der Waals surface area contributed by atoms with Gasteiger partial charge in [0.1, 0.15) is 17.5 Å². The molecule has 1 atom stereocenters. The molecule has 2 aromatic rings. The van der Waals surface area contributed by atoms with Crippen LogP contribution in [0.25, 0.3) is 11.1 Å². The van der Waals surface area contributed by atoms with E-state index in [1.54, 1.807) is 0 Å². The number of nitrogens with one attached hydrogen (secondary N) is 1. The normalized spacial score (nSPS) is 26.9. The second-order valence-corrected chi connectivity index (χ2v) is 9.98. The molecular weight excluding hydrogens is 390 g/mol. The molecule has 2 aliphatic heterocycles. The van der Waals surface area contributed by atoms with Crippen LogP contribution in [0.3, 0.4) is 0 Å². The van der Waals surface area contributed by atoms with Crippen molar-refractivity contribution in [3.63, 3.8) is 0 Å². The average Bonchev–Trinajstić information content (AvgIpc) is 3.35. The predicted molar refractivity (Wildman–Crippen MR) is 121 cm³/mol. The van der Waals surface area contributed by atoms with Crippen LogP contribution in [0.2, 0.25) is 0 Å². The van der Waals surface area contributed by atoms with Crippen molar-refractivity contribution in [2.45, 2.75) is 77.0 Å². The quantitative estimate of drug-likeness (QED) is 0.729. The number of benzene rings is 1. The van der Waals surface area contributed by atoms with Gasteiger partial charge in [0.2, 0.25) is 11.8 Å². The lowest BCUT2D eigenvalue weighted by Gasteiger charge is -2.27. The summed E-state index contributed by atoms with van der Waals surface area (Å²) >= 11 is 0. The first-order valence-electron chi connectivity index (χ1n) is 11.7. The average molecular weight is 424 g/mol. The molecular formula is C25H33N3O3. The second-order valence-electron chi connectivity index (χ2n) is 9.98. The number of nitrogens with zero attached hydrogens (tertiary/aromatic N) is 2. The zero-order chi connectivity index (χ0) is 21.4. The highest BCUT2D eigenvalue weighted by molar-refractivity contribution is 5.70. The third-order valence-electron chi connectivity index (χ3n) is 6.64. The Bertz CT molecular complexity index is 932. The number of hydrogen-bond donors (Lipinski definition) is 1. The molecule has 1 saturated carbocycles. The largest absolute Gasteiger partial charge is 0.487 e. The first-order chi connectivity index (χ1) is 14.9. The van der Waals surface area contributed by atoms with E-state index in [1.165, 1.54) is 31.2 Å². The van der Waals surface area contributed by atoms with Crippen molar-refractivity contribution < 1.29 is 14.2 Å². The molecule has 0 spiro atoms. The maximum atomic E-state index is 6.32. The Morgan fingerprint density at radius 3 is 2.74 bits per heavy atom. The number of aromatic nitrogens is 2. The van der Waals surface area contributed by atoms with Crippen LogP contribution in [-0.4, -0.2) is 40.9 Å². The van der Waals surface area contributed by atoms with E-state index in [1.807, 2.05) is 6.20 Å². The van der Waals surface area contributed by atoms with Crippen molar-refractivity contribution in [3.8, 4) is 22.8 Å². The molecule has 2 fully saturated rings. The number of fused-ring (bicyclic) bond motifs is 1. The number of ether oxygens (including phenoxy) is 3. The lowest BCUT2D eigenvalue weighted by Crippen LogP contribution is -2.26. The Balaban J connectivity index is 1.42. The molecule has 1 aliphatic carbocycles. The molecule has 1 N–H and O–H groups in total. The van der Waals surface area contributed by atoms with Crippen LogP contribution >= 0.6 is 0 Å². The van der Waals surface area contributed by atoms with Crippen LogP contribution in [0, 0.1) is 5.92 Å². The minimum absolute atomic E-state index is 0.0359. The Hall–Kier alpha value is -2.34. The van der Waals surface area contributed by atoms with Gasteiger partial charge >= 0.3 is 0 Å². The summed E-state index contributed by atoms with van der Waals surface area (Å²) in [6, 6.07) is 6.75. The van der Waals surface area contributed by atoms with E-state index < -0.39 is 0 Å². The molecule has 0 amide bonds. The molecule has 6 nitrogen and oxygen atoms in total. The minimum Gasteiger partial charge on any atom is -0.487 e. The van der Waals surface area contributed by atoms with Crippen LogP contribution in [0.15, 0.2) is 24.4 Å². The van der Waals surface area contributed by atoms with Crippen molar-refractivity contribution in [2.24, 2.45) is 5.92 Å². The van der Waals surface area contributed by atoms with Crippen LogP contribution in [-0.2, 0) is 11.2 Å². The molecule has 6 heteroatoms. The number of anilines is 1. The Labute approximate surface area is 184 Å². The van der Waals surface area contributed by atoms with E-state index in [9.17, 15) is 0 Å². The summed E-state index contributed by atoms with van der Waals surface area (Å²) in [5.74, 6) is 3.07. The highest BCUT2D eigenvalue weighted by atomic mass is 16.5. The van der Waals surface area contributed by atoms with Gasteiger partial charge in [0.15, 0.2) is 0 Å². The van der Waals surface area contributed by atoms with Crippen LogP contribution in [0.1, 0.15) is 58.4 Å². The second kappa shape index (κ2) is 8.30. The zero-order valence-electron chi connectivity index (χ0n) is 18.8. The Morgan fingerprint density at radius 1 is 1.13 bits per heavy atom.